The Hall–Kier alpha value is -1.50. The van der Waals surface area contributed by atoms with Crippen molar-refractivity contribution < 1.29 is 13.2 Å². The van der Waals surface area contributed by atoms with Crippen LogP contribution in [0.25, 0.3) is 0 Å². The molecule has 0 unspecified atom stereocenters. The first-order valence-corrected chi connectivity index (χ1v) is 9.83. The van der Waals surface area contributed by atoms with Gasteiger partial charge in [-0.1, -0.05) is 12.1 Å². The lowest BCUT2D eigenvalue weighted by atomic mass is 10.2. The van der Waals surface area contributed by atoms with Gasteiger partial charge in [-0.05, 0) is 53.7 Å². The minimum atomic E-state index is -3.17. The maximum atomic E-state index is 12.2. The van der Waals surface area contributed by atoms with Crippen LogP contribution >= 0.6 is 0 Å². The van der Waals surface area contributed by atoms with E-state index in [1.165, 1.54) is 11.8 Å². The van der Waals surface area contributed by atoms with Crippen LogP contribution in [-0.4, -0.2) is 25.2 Å². The van der Waals surface area contributed by atoms with E-state index in [1.54, 1.807) is 24.3 Å². The SMILES string of the molecule is NCc1ccc(Oc2ccc(S(=O)(=O)C[C@H]3C[SH+]3)cc2)cc1. The minimum Gasteiger partial charge on any atom is -0.457 e. The lowest BCUT2D eigenvalue weighted by Gasteiger charge is -2.07. The number of hydrogen-bond donors (Lipinski definition) is 1. The van der Waals surface area contributed by atoms with E-state index in [9.17, 15) is 8.42 Å². The van der Waals surface area contributed by atoms with Gasteiger partial charge in [0.15, 0.2) is 20.8 Å². The highest BCUT2D eigenvalue weighted by Gasteiger charge is 2.39. The molecule has 0 aromatic heterocycles. The van der Waals surface area contributed by atoms with Gasteiger partial charge >= 0.3 is 0 Å². The molecule has 1 heterocycles. The molecule has 2 aromatic rings. The summed E-state index contributed by atoms with van der Waals surface area (Å²) in [4.78, 5) is 0.362. The molecule has 4 nitrogen and oxygen atoms in total. The summed E-state index contributed by atoms with van der Waals surface area (Å²) in [6, 6.07) is 14.1. The van der Waals surface area contributed by atoms with Crippen LogP contribution in [0.15, 0.2) is 53.4 Å². The Kier molecular flexibility index (Phi) is 4.42. The highest BCUT2D eigenvalue weighted by atomic mass is 32.2. The topological polar surface area (TPSA) is 69.4 Å². The van der Waals surface area contributed by atoms with Gasteiger partial charge in [-0.2, -0.15) is 0 Å². The molecule has 2 N–H and O–H groups in total. The lowest BCUT2D eigenvalue weighted by Crippen LogP contribution is -2.11. The van der Waals surface area contributed by atoms with Crippen molar-refractivity contribution in [2.75, 3.05) is 11.5 Å². The minimum absolute atomic E-state index is 0.245. The summed E-state index contributed by atoms with van der Waals surface area (Å²) < 4.78 is 30.0. The normalized spacial score (nSPS) is 17.2. The maximum absolute atomic E-state index is 12.2. The van der Waals surface area contributed by atoms with Gasteiger partial charge in [0.1, 0.15) is 17.3 Å². The van der Waals surface area contributed by atoms with Gasteiger partial charge in [0.2, 0.25) is 0 Å². The van der Waals surface area contributed by atoms with E-state index in [0.29, 0.717) is 28.2 Å². The quantitative estimate of drug-likeness (QED) is 0.497. The monoisotopic (exact) mass is 336 g/mol. The van der Waals surface area contributed by atoms with Gasteiger partial charge in [-0.25, -0.2) is 8.42 Å². The molecule has 0 radical (unpaired) electrons. The van der Waals surface area contributed by atoms with Crippen molar-refractivity contribution in [3.05, 3.63) is 54.1 Å². The Morgan fingerprint density at radius 1 is 1.05 bits per heavy atom. The standard InChI is InChI=1S/C16H17NO3S2/c17-9-12-1-3-13(4-2-12)20-14-5-7-16(8-6-14)22(18,19)11-15-10-21-15/h1-8,15H,9-11,17H2/p+1/t15-/m1/s1. The molecule has 0 spiro atoms. The van der Waals surface area contributed by atoms with Crippen molar-refractivity contribution in [1.29, 1.82) is 0 Å². The Labute approximate surface area is 134 Å². The molecule has 1 atom stereocenters. The first-order chi connectivity index (χ1) is 10.6. The predicted molar refractivity (Wildman–Crippen MR) is 90.3 cm³/mol. The number of benzene rings is 2. The summed E-state index contributed by atoms with van der Waals surface area (Å²) >= 11 is 1.25. The molecule has 6 heteroatoms. The first-order valence-electron chi connectivity index (χ1n) is 7.03. The highest BCUT2D eigenvalue weighted by molar-refractivity contribution is 7.94. The second kappa shape index (κ2) is 6.32. The van der Waals surface area contributed by atoms with Crippen molar-refractivity contribution in [3.8, 4) is 11.5 Å². The van der Waals surface area contributed by atoms with Gasteiger partial charge in [-0.15, -0.1) is 0 Å². The van der Waals surface area contributed by atoms with E-state index >= 15 is 0 Å². The third-order valence-corrected chi connectivity index (χ3v) is 6.57. The van der Waals surface area contributed by atoms with Crippen LogP contribution in [0, 0.1) is 0 Å². The summed E-state index contributed by atoms with van der Waals surface area (Å²) in [7, 11) is -3.17. The van der Waals surface area contributed by atoms with Crippen LogP contribution in [0.2, 0.25) is 0 Å². The van der Waals surface area contributed by atoms with Crippen molar-refractivity contribution >= 4 is 21.6 Å². The van der Waals surface area contributed by atoms with E-state index in [1.807, 2.05) is 24.3 Å². The summed E-state index contributed by atoms with van der Waals surface area (Å²) in [5.74, 6) is 2.56. The second-order valence-corrected chi connectivity index (χ2v) is 8.72. The number of thiol groups is 1. The number of ether oxygens (including phenoxy) is 1. The molecule has 116 valence electrons. The number of nitrogens with two attached hydrogens (primary N) is 1. The second-order valence-electron chi connectivity index (χ2n) is 5.22. The van der Waals surface area contributed by atoms with E-state index in [0.717, 1.165) is 11.3 Å². The molecule has 1 fully saturated rings. The maximum Gasteiger partial charge on any atom is 0.183 e. The number of hydrogen-bond acceptors (Lipinski definition) is 4. The zero-order chi connectivity index (χ0) is 15.6. The lowest BCUT2D eigenvalue weighted by molar-refractivity contribution is 0.482. The number of rotatable bonds is 6. The smallest absolute Gasteiger partial charge is 0.183 e. The van der Waals surface area contributed by atoms with Crippen LogP contribution in [-0.2, 0) is 28.1 Å². The zero-order valence-electron chi connectivity index (χ0n) is 12.0. The van der Waals surface area contributed by atoms with Gasteiger partial charge in [0.05, 0.1) is 4.90 Å². The molecule has 3 rings (SSSR count). The molecule has 22 heavy (non-hydrogen) atoms. The molecule has 0 saturated carbocycles. The Balaban J connectivity index is 1.70. The van der Waals surface area contributed by atoms with E-state index in [-0.39, 0.29) is 5.75 Å². The average molecular weight is 336 g/mol. The molecule has 2 aromatic carbocycles. The third-order valence-electron chi connectivity index (χ3n) is 3.43. The molecular weight excluding hydrogens is 318 g/mol. The molecular formula is C16H18NO3S2+. The van der Waals surface area contributed by atoms with Gasteiger partial charge in [0.25, 0.3) is 0 Å². The number of sulfone groups is 1. The molecule has 0 aliphatic carbocycles. The van der Waals surface area contributed by atoms with Crippen molar-refractivity contribution in [2.24, 2.45) is 5.73 Å². The van der Waals surface area contributed by atoms with E-state index < -0.39 is 9.84 Å². The first kappa shape index (κ1) is 15.4. The Morgan fingerprint density at radius 2 is 1.59 bits per heavy atom. The van der Waals surface area contributed by atoms with E-state index in [4.69, 9.17) is 10.5 Å². The van der Waals surface area contributed by atoms with Gasteiger partial charge in [-0.3, -0.25) is 0 Å². The Morgan fingerprint density at radius 3 is 2.09 bits per heavy atom. The fourth-order valence-corrected chi connectivity index (χ4v) is 4.90. The molecule has 0 bridgehead atoms. The van der Waals surface area contributed by atoms with Gasteiger partial charge < -0.3 is 10.5 Å². The third kappa shape index (κ3) is 3.82. The molecule has 0 amide bonds. The van der Waals surface area contributed by atoms with Crippen LogP contribution in [0.4, 0.5) is 0 Å². The highest BCUT2D eigenvalue weighted by Crippen LogP contribution is 2.25. The van der Waals surface area contributed by atoms with Crippen molar-refractivity contribution in [1.82, 2.24) is 0 Å². The van der Waals surface area contributed by atoms with Crippen molar-refractivity contribution in [3.63, 3.8) is 0 Å². The summed E-state index contributed by atoms with van der Waals surface area (Å²) in [5, 5.41) is 0.321. The van der Waals surface area contributed by atoms with Crippen LogP contribution in [0.1, 0.15) is 5.56 Å². The fourth-order valence-electron chi connectivity index (χ4n) is 2.07. The Bertz CT molecular complexity index is 736. The largest absolute Gasteiger partial charge is 0.457 e. The molecule has 1 aliphatic rings. The van der Waals surface area contributed by atoms with Crippen LogP contribution < -0.4 is 10.5 Å². The summed E-state index contributed by atoms with van der Waals surface area (Å²) in [6.45, 7) is 0.493. The van der Waals surface area contributed by atoms with Crippen LogP contribution in [0.5, 0.6) is 11.5 Å². The average Bonchev–Trinajstić information content (AvgIpc) is 3.32. The predicted octanol–water partition coefficient (Wildman–Crippen LogP) is 1.91. The van der Waals surface area contributed by atoms with Crippen molar-refractivity contribution in [2.45, 2.75) is 16.7 Å². The summed E-state index contributed by atoms with van der Waals surface area (Å²) in [6.07, 6.45) is 0. The van der Waals surface area contributed by atoms with Crippen LogP contribution in [0.3, 0.4) is 0 Å². The molecule has 1 saturated heterocycles. The van der Waals surface area contributed by atoms with Gasteiger partial charge in [0, 0.05) is 6.54 Å². The zero-order valence-corrected chi connectivity index (χ0v) is 13.7. The summed E-state index contributed by atoms with van der Waals surface area (Å²) in [5.41, 5.74) is 6.59. The fraction of sp³-hybridized carbons (Fsp3) is 0.250. The molecule has 1 aliphatic heterocycles. The van der Waals surface area contributed by atoms with E-state index in [2.05, 4.69) is 0 Å².